The number of sulfonamides is 1. The molecular weight excluding hydrogens is 384 g/mol. The highest BCUT2D eigenvalue weighted by Gasteiger charge is 2.25. The van der Waals surface area contributed by atoms with Gasteiger partial charge in [0.1, 0.15) is 5.56 Å². The molecular formula is C18H20N4O5S. The van der Waals surface area contributed by atoms with Crippen LogP contribution in [0.3, 0.4) is 0 Å². The van der Waals surface area contributed by atoms with Gasteiger partial charge in [0.2, 0.25) is 10.0 Å². The number of carbonyl (C=O) groups is 1. The fraction of sp³-hybridized carbons (Fsp3) is 0.278. The average Bonchev–Trinajstić information content (AvgIpc) is 2.68. The third-order valence-electron chi connectivity index (χ3n) is 4.55. The molecule has 0 spiro atoms. The van der Waals surface area contributed by atoms with E-state index in [1.807, 2.05) is 17.0 Å². The van der Waals surface area contributed by atoms with Gasteiger partial charge in [0.25, 0.3) is 11.6 Å². The highest BCUT2D eigenvalue weighted by Crippen LogP contribution is 2.28. The fourth-order valence-corrected chi connectivity index (χ4v) is 3.96. The Labute approximate surface area is 162 Å². The Bertz CT molecular complexity index is 1000. The maximum atomic E-state index is 12.6. The van der Waals surface area contributed by atoms with Crippen molar-refractivity contribution in [2.24, 2.45) is 0 Å². The molecule has 1 amide bonds. The first-order valence-electron chi connectivity index (χ1n) is 8.61. The number of hydrogen-bond donors (Lipinski definition) is 1. The van der Waals surface area contributed by atoms with Crippen molar-refractivity contribution in [1.29, 1.82) is 0 Å². The molecule has 1 heterocycles. The summed E-state index contributed by atoms with van der Waals surface area (Å²) in [4.78, 5) is 25.2. The van der Waals surface area contributed by atoms with Crippen molar-refractivity contribution in [2.75, 3.05) is 42.7 Å². The Morgan fingerprint density at radius 2 is 1.64 bits per heavy atom. The lowest BCUT2D eigenvalue weighted by Gasteiger charge is -2.35. The maximum Gasteiger partial charge on any atom is 0.282 e. The Hall–Kier alpha value is -2.98. The van der Waals surface area contributed by atoms with E-state index >= 15 is 0 Å². The Morgan fingerprint density at radius 1 is 1.04 bits per heavy atom. The summed E-state index contributed by atoms with van der Waals surface area (Å²) in [5.74, 6) is -0.575. The summed E-state index contributed by atoms with van der Waals surface area (Å²) in [7, 11) is -3.24. The van der Waals surface area contributed by atoms with Crippen LogP contribution in [0.4, 0.5) is 17.1 Å². The minimum atomic E-state index is -3.24. The van der Waals surface area contributed by atoms with Gasteiger partial charge in [0, 0.05) is 32.2 Å². The summed E-state index contributed by atoms with van der Waals surface area (Å²) < 4.78 is 24.8. The summed E-state index contributed by atoms with van der Waals surface area (Å²) >= 11 is 0. The molecule has 0 unspecified atom stereocenters. The number of nitro groups is 1. The third-order valence-corrected chi connectivity index (χ3v) is 5.85. The molecule has 3 rings (SSSR count). The lowest BCUT2D eigenvalue weighted by molar-refractivity contribution is -0.385. The molecule has 1 fully saturated rings. The van der Waals surface area contributed by atoms with Gasteiger partial charge in [0.15, 0.2) is 0 Å². The molecule has 148 valence electrons. The van der Waals surface area contributed by atoms with Crippen LogP contribution in [0.2, 0.25) is 0 Å². The summed E-state index contributed by atoms with van der Waals surface area (Å²) in [5, 5.41) is 13.9. The van der Waals surface area contributed by atoms with Crippen LogP contribution in [0.5, 0.6) is 0 Å². The minimum absolute atomic E-state index is 0.0239. The Morgan fingerprint density at radius 3 is 2.29 bits per heavy atom. The monoisotopic (exact) mass is 404 g/mol. The predicted molar refractivity (Wildman–Crippen MR) is 106 cm³/mol. The smallest absolute Gasteiger partial charge is 0.282 e. The first kappa shape index (κ1) is 19.8. The van der Waals surface area contributed by atoms with Crippen LogP contribution in [0.15, 0.2) is 48.5 Å². The van der Waals surface area contributed by atoms with E-state index in [4.69, 9.17) is 0 Å². The van der Waals surface area contributed by atoms with Crippen molar-refractivity contribution in [3.63, 3.8) is 0 Å². The number of para-hydroxylation sites is 3. The molecule has 1 aliphatic heterocycles. The molecule has 0 bridgehead atoms. The van der Waals surface area contributed by atoms with E-state index in [9.17, 15) is 23.3 Å². The SMILES string of the molecule is CS(=O)(=O)N1CCN(c2ccccc2NC(=O)c2ccccc2[N+](=O)[O-])CC1. The van der Waals surface area contributed by atoms with E-state index in [0.29, 0.717) is 31.9 Å². The molecule has 28 heavy (non-hydrogen) atoms. The zero-order valence-corrected chi connectivity index (χ0v) is 16.1. The first-order chi connectivity index (χ1) is 13.3. The van der Waals surface area contributed by atoms with E-state index in [1.54, 1.807) is 18.2 Å². The molecule has 2 aromatic rings. The third kappa shape index (κ3) is 4.29. The van der Waals surface area contributed by atoms with Crippen LogP contribution < -0.4 is 10.2 Å². The second-order valence-electron chi connectivity index (χ2n) is 6.39. The number of rotatable bonds is 5. The molecule has 0 radical (unpaired) electrons. The number of piperazine rings is 1. The van der Waals surface area contributed by atoms with Gasteiger partial charge in [-0.05, 0) is 18.2 Å². The molecule has 2 aromatic carbocycles. The summed E-state index contributed by atoms with van der Waals surface area (Å²) in [6.07, 6.45) is 1.18. The van der Waals surface area contributed by atoms with E-state index in [-0.39, 0.29) is 11.3 Å². The number of nitro benzene ring substituents is 1. The Balaban J connectivity index is 1.80. The number of hydrogen-bond acceptors (Lipinski definition) is 6. The summed E-state index contributed by atoms with van der Waals surface area (Å²) in [6, 6.07) is 12.9. The van der Waals surface area contributed by atoms with Crippen LogP contribution in [0, 0.1) is 10.1 Å². The van der Waals surface area contributed by atoms with Crippen LogP contribution in [0.25, 0.3) is 0 Å². The zero-order chi connectivity index (χ0) is 20.3. The highest BCUT2D eigenvalue weighted by molar-refractivity contribution is 7.88. The van der Waals surface area contributed by atoms with E-state index in [0.717, 1.165) is 5.69 Å². The first-order valence-corrected chi connectivity index (χ1v) is 10.5. The second kappa shape index (κ2) is 7.95. The predicted octanol–water partition coefficient (Wildman–Crippen LogP) is 1.93. The van der Waals surface area contributed by atoms with Gasteiger partial charge in [-0.2, -0.15) is 4.31 Å². The number of amides is 1. The summed E-state index contributed by atoms with van der Waals surface area (Å²) in [5.41, 5.74) is 0.962. The molecule has 1 N–H and O–H groups in total. The number of nitrogens with zero attached hydrogens (tertiary/aromatic N) is 3. The zero-order valence-electron chi connectivity index (χ0n) is 15.2. The highest BCUT2D eigenvalue weighted by atomic mass is 32.2. The van der Waals surface area contributed by atoms with Crippen molar-refractivity contribution >= 4 is 33.0 Å². The van der Waals surface area contributed by atoms with Gasteiger partial charge in [-0.15, -0.1) is 0 Å². The van der Waals surface area contributed by atoms with Crippen LogP contribution >= 0.6 is 0 Å². The van der Waals surface area contributed by atoms with Gasteiger partial charge in [-0.25, -0.2) is 8.42 Å². The quantitative estimate of drug-likeness (QED) is 0.602. The van der Waals surface area contributed by atoms with Crippen molar-refractivity contribution in [1.82, 2.24) is 4.31 Å². The molecule has 0 aliphatic carbocycles. The van der Waals surface area contributed by atoms with Crippen molar-refractivity contribution in [2.45, 2.75) is 0 Å². The number of anilines is 2. The van der Waals surface area contributed by atoms with Gasteiger partial charge in [0.05, 0.1) is 22.6 Å². The molecule has 1 aliphatic rings. The molecule has 0 aromatic heterocycles. The van der Waals surface area contributed by atoms with E-state index in [1.165, 1.54) is 28.8 Å². The standard InChI is InChI=1S/C18H20N4O5S/c1-28(26,27)21-12-10-20(11-13-21)17-9-5-3-7-15(17)19-18(23)14-6-2-4-8-16(14)22(24)25/h2-9H,10-13H2,1H3,(H,19,23). The summed E-state index contributed by atoms with van der Waals surface area (Å²) in [6.45, 7) is 1.66. The number of benzene rings is 2. The van der Waals surface area contributed by atoms with Gasteiger partial charge in [-0.1, -0.05) is 24.3 Å². The molecule has 10 heteroatoms. The fourth-order valence-electron chi connectivity index (χ4n) is 3.13. The molecule has 0 saturated carbocycles. The lowest BCUT2D eigenvalue weighted by Crippen LogP contribution is -2.48. The van der Waals surface area contributed by atoms with Crippen molar-refractivity contribution < 1.29 is 18.1 Å². The number of nitrogens with one attached hydrogen (secondary N) is 1. The van der Waals surface area contributed by atoms with Gasteiger partial charge < -0.3 is 10.2 Å². The van der Waals surface area contributed by atoms with Gasteiger partial charge in [-0.3, -0.25) is 14.9 Å². The van der Waals surface area contributed by atoms with Gasteiger partial charge >= 0.3 is 0 Å². The molecule has 9 nitrogen and oxygen atoms in total. The minimum Gasteiger partial charge on any atom is -0.367 e. The second-order valence-corrected chi connectivity index (χ2v) is 8.38. The van der Waals surface area contributed by atoms with E-state index < -0.39 is 20.9 Å². The molecule has 1 saturated heterocycles. The normalized spacial score (nSPS) is 15.2. The molecule has 0 atom stereocenters. The van der Waals surface area contributed by atoms with E-state index in [2.05, 4.69) is 5.32 Å². The lowest BCUT2D eigenvalue weighted by atomic mass is 10.1. The topological polar surface area (TPSA) is 113 Å². The van der Waals surface area contributed by atoms with Crippen LogP contribution in [-0.4, -0.2) is 56.0 Å². The van der Waals surface area contributed by atoms with Crippen LogP contribution in [-0.2, 0) is 10.0 Å². The van der Waals surface area contributed by atoms with Crippen molar-refractivity contribution in [3.8, 4) is 0 Å². The average molecular weight is 404 g/mol. The van der Waals surface area contributed by atoms with Crippen LogP contribution in [0.1, 0.15) is 10.4 Å². The Kier molecular flexibility index (Phi) is 5.61. The largest absolute Gasteiger partial charge is 0.367 e. The number of carbonyl (C=O) groups excluding carboxylic acids is 1. The maximum absolute atomic E-state index is 12.6. The van der Waals surface area contributed by atoms with Crippen molar-refractivity contribution in [3.05, 3.63) is 64.2 Å².